The van der Waals surface area contributed by atoms with Crippen LogP contribution in [0.3, 0.4) is 0 Å². The van der Waals surface area contributed by atoms with Crippen molar-refractivity contribution in [1.29, 1.82) is 0 Å². The van der Waals surface area contributed by atoms with Gasteiger partial charge in [0.25, 0.3) is 11.6 Å². The normalized spacial score (nSPS) is 11.1. The number of nitro benzene ring substituents is 1. The fourth-order valence-corrected chi connectivity index (χ4v) is 4.72. The Morgan fingerprint density at radius 1 is 1.15 bits per heavy atom. The van der Waals surface area contributed by atoms with Crippen LogP contribution in [-0.4, -0.2) is 24.2 Å². The van der Waals surface area contributed by atoms with Gasteiger partial charge in [0.15, 0.2) is 5.13 Å². The number of anilines is 1. The number of benzene rings is 2. The molecule has 0 spiro atoms. The van der Waals surface area contributed by atoms with E-state index in [0.717, 1.165) is 35.2 Å². The van der Waals surface area contributed by atoms with E-state index in [1.54, 1.807) is 25.1 Å². The van der Waals surface area contributed by atoms with E-state index in [9.17, 15) is 23.3 Å². The Morgan fingerprint density at radius 3 is 2.44 bits per heavy atom. The third kappa shape index (κ3) is 3.86. The average molecular weight is 403 g/mol. The lowest BCUT2D eigenvalue weighted by molar-refractivity contribution is -0.384. The minimum Gasteiger partial charge on any atom is -0.298 e. The number of nitro groups is 1. The molecule has 0 saturated heterocycles. The summed E-state index contributed by atoms with van der Waals surface area (Å²) in [4.78, 5) is 26.2. The Labute approximate surface area is 158 Å². The SMILES string of the molecule is Cc1ccccc1C(=O)Nc1ncc(S(=O)(=O)c2ccc([N+](=O)[O-])cc2)s1. The van der Waals surface area contributed by atoms with E-state index in [1.165, 1.54) is 12.1 Å². The van der Waals surface area contributed by atoms with E-state index in [2.05, 4.69) is 10.3 Å². The first kappa shape index (κ1) is 18.7. The average Bonchev–Trinajstić information content (AvgIpc) is 3.11. The van der Waals surface area contributed by atoms with E-state index in [1.807, 2.05) is 6.07 Å². The first-order valence-corrected chi connectivity index (χ1v) is 9.91. The topological polar surface area (TPSA) is 119 Å². The van der Waals surface area contributed by atoms with E-state index < -0.39 is 14.8 Å². The van der Waals surface area contributed by atoms with Crippen molar-refractivity contribution in [2.24, 2.45) is 0 Å². The van der Waals surface area contributed by atoms with Gasteiger partial charge in [0, 0.05) is 17.7 Å². The van der Waals surface area contributed by atoms with Crippen molar-refractivity contribution in [1.82, 2.24) is 4.98 Å². The molecule has 0 radical (unpaired) electrons. The molecule has 0 aliphatic heterocycles. The zero-order valence-corrected chi connectivity index (χ0v) is 15.6. The Balaban J connectivity index is 1.83. The number of rotatable bonds is 5. The molecule has 0 aliphatic rings. The number of aryl methyl sites for hydroxylation is 1. The minimum absolute atomic E-state index is 0.0727. The van der Waals surface area contributed by atoms with Gasteiger partial charge in [-0.15, -0.1) is 0 Å². The molecule has 1 aromatic heterocycles. The number of non-ortho nitro benzene ring substituents is 1. The number of aromatic nitrogens is 1. The predicted molar refractivity (Wildman–Crippen MR) is 99.8 cm³/mol. The van der Waals surface area contributed by atoms with Gasteiger partial charge in [0.1, 0.15) is 4.21 Å². The largest absolute Gasteiger partial charge is 0.298 e. The highest BCUT2D eigenvalue weighted by molar-refractivity contribution is 7.93. The third-order valence-corrected chi connectivity index (χ3v) is 6.86. The van der Waals surface area contributed by atoms with Gasteiger partial charge in [-0.3, -0.25) is 20.2 Å². The Hall–Kier alpha value is -3.11. The Morgan fingerprint density at radius 2 is 1.81 bits per heavy atom. The quantitative estimate of drug-likeness (QED) is 0.515. The van der Waals surface area contributed by atoms with E-state index >= 15 is 0 Å². The number of nitrogens with one attached hydrogen (secondary N) is 1. The highest BCUT2D eigenvalue weighted by atomic mass is 32.2. The number of carbonyl (C=O) groups is 1. The second-order valence-electron chi connectivity index (χ2n) is 5.51. The van der Waals surface area contributed by atoms with Crippen molar-refractivity contribution in [2.45, 2.75) is 16.0 Å². The summed E-state index contributed by atoms with van der Waals surface area (Å²) in [5, 5.41) is 13.4. The van der Waals surface area contributed by atoms with Gasteiger partial charge in [-0.05, 0) is 30.7 Å². The molecule has 0 bridgehead atoms. The molecule has 3 rings (SSSR count). The van der Waals surface area contributed by atoms with Gasteiger partial charge in [-0.2, -0.15) is 0 Å². The first-order chi connectivity index (χ1) is 12.8. The number of sulfone groups is 1. The second kappa shape index (κ2) is 7.25. The second-order valence-corrected chi connectivity index (χ2v) is 8.72. The molecule has 27 heavy (non-hydrogen) atoms. The van der Waals surface area contributed by atoms with Crippen LogP contribution < -0.4 is 5.32 Å². The number of carbonyl (C=O) groups excluding carboxylic acids is 1. The summed E-state index contributed by atoms with van der Waals surface area (Å²) in [7, 11) is -3.89. The molecular weight excluding hydrogens is 390 g/mol. The smallest absolute Gasteiger partial charge is 0.269 e. The molecule has 0 saturated carbocycles. The Kier molecular flexibility index (Phi) is 5.02. The maximum atomic E-state index is 12.6. The third-order valence-electron chi connectivity index (χ3n) is 3.72. The predicted octanol–water partition coefficient (Wildman–Crippen LogP) is 3.44. The molecule has 10 heteroatoms. The standard InChI is InChI=1S/C17H13N3O5S2/c1-11-4-2-3-5-14(11)16(21)19-17-18-10-15(26-17)27(24,25)13-8-6-12(7-9-13)20(22)23/h2-10H,1H3,(H,18,19,21). The molecule has 0 fully saturated rings. The van der Waals surface area contributed by atoms with Crippen molar-refractivity contribution < 1.29 is 18.1 Å². The fraction of sp³-hybridized carbons (Fsp3) is 0.0588. The summed E-state index contributed by atoms with van der Waals surface area (Å²) in [6.07, 6.45) is 1.15. The van der Waals surface area contributed by atoms with Gasteiger partial charge in [0.05, 0.1) is 16.0 Å². The van der Waals surface area contributed by atoms with Crippen molar-refractivity contribution >= 4 is 37.9 Å². The number of thiazole rings is 1. The van der Waals surface area contributed by atoms with Gasteiger partial charge >= 0.3 is 0 Å². The van der Waals surface area contributed by atoms with Gasteiger partial charge in [0.2, 0.25) is 9.84 Å². The summed E-state index contributed by atoms with van der Waals surface area (Å²) < 4.78 is 25.2. The zero-order chi connectivity index (χ0) is 19.6. The highest BCUT2D eigenvalue weighted by Crippen LogP contribution is 2.29. The maximum Gasteiger partial charge on any atom is 0.269 e. The van der Waals surface area contributed by atoms with Crippen LogP contribution in [0.4, 0.5) is 10.8 Å². The summed E-state index contributed by atoms with van der Waals surface area (Å²) in [6, 6.07) is 11.6. The molecule has 3 aromatic rings. The van der Waals surface area contributed by atoms with Crippen LogP contribution in [0.15, 0.2) is 63.8 Å². The molecule has 138 valence electrons. The zero-order valence-electron chi connectivity index (χ0n) is 13.9. The van der Waals surface area contributed by atoms with Crippen molar-refractivity contribution in [2.75, 3.05) is 5.32 Å². The summed E-state index contributed by atoms with van der Waals surface area (Å²) in [5.41, 5.74) is 1.04. The summed E-state index contributed by atoms with van der Waals surface area (Å²) in [6.45, 7) is 1.79. The first-order valence-electron chi connectivity index (χ1n) is 7.61. The number of hydrogen-bond donors (Lipinski definition) is 1. The fourth-order valence-electron chi connectivity index (χ4n) is 2.30. The van der Waals surface area contributed by atoms with Crippen LogP contribution in [0.1, 0.15) is 15.9 Å². The van der Waals surface area contributed by atoms with Crippen LogP contribution in [0.2, 0.25) is 0 Å². The molecule has 8 nitrogen and oxygen atoms in total. The lowest BCUT2D eigenvalue weighted by atomic mass is 10.1. The summed E-state index contributed by atoms with van der Waals surface area (Å²) >= 11 is 0.809. The van der Waals surface area contributed by atoms with Crippen molar-refractivity contribution in [3.8, 4) is 0 Å². The van der Waals surface area contributed by atoms with Crippen molar-refractivity contribution in [3.05, 3.63) is 76.0 Å². The summed E-state index contributed by atoms with van der Waals surface area (Å²) in [5.74, 6) is -0.387. The Bertz CT molecular complexity index is 1120. The van der Waals surface area contributed by atoms with Crippen LogP contribution in [0.25, 0.3) is 0 Å². The van der Waals surface area contributed by atoms with Crippen LogP contribution >= 0.6 is 11.3 Å². The van der Waals surface area contributed by atoms with E-state index in [0.29, 0.717) is 5.56 Å². The molecule has 1 amide bonds. The lowest BCUT2D eigenvalue weighted by Crippen LogP contribution is -2.12. The van der Waals surface area contributed by atoms with Gasteiger partial charge < -0.3 is 0 Å². The molecule has 0 atom stereocenters. The van der Waals surface area contributed by atoms with E-state index in [4.69, 9.17) is 0 Å². The molecule has 2 aromatic carbocycles. The number of amides is 1. The minimum atomic E-state index is -3.89. The molecule has 0 aliphatic carbocycles. The number of hydrogen-bond acceptors (Lipinski definition) is 7. The molecule has 1 heterocycles. The molecule has 1 N–H and O–H groups in total. The highest BCUT2D eigenvalue weighted by Gasteiger charge is 2.22. The molecule has 0 unspecified atom stereocenters. The van der Waals surface area contributed by atoms with E-state index in [-0.39, 0.29) is 25.8 Å². The van der Waals surface area contributed by atoms with Gasteiger partial charge in [-0.25, -0.2) is 13.4 Å². The van der Waals surface area contributed by atoms with Gasteiger partial charge in [-0.1, -0.05) is 29.5 Å². The van der Waals surface area contributed by atoms with Crippen LogP contribution in [-0.2, 0) is 9.84 Å². The van der Waals surface area contributed by atoms with Crippen LogP contribution in [0.5, 0.6) is 0 Å². The maximum absolute atomic E-state index is 12.6. The number of nitrogens with zero attached hydrogens (tertiary/aromatic N) is 2. The molecular formula is C17H13N3O5S2. The monoisotopic (exact) mass is 403 g/mol. The van der Waals surface area contributed by atoms with Crippen LogP contribution in [0, 0.1) is 17.0 Å². The van der Waals surface area contributed by atoms with Crippen molar-refractivity contribution in [3.63, 3.8) is 0 Å². The lowest BCUT2D eigenvalue weighted by Gasteiger charge is -2.04.